The molecule has 0 aromatic carbocycles. The largest absolute Gasteiger partial charge is 0.446 e. The van der Waals surface area contributed by atoms with Gasteiger partial charge >= 0.3 is 0 Å². The highest BCUT2D eigenvalue weighted by molar-refractivity contribution is 6.92. The average Bonchev–Trinajstić information content (AvgIpc) is 2.04. The minimum Gasteiger partial charge on any atom is -0.446 e. The van der Waals surface area contributed by atoms with Crippen LogP contribution in [0.4, 0.5) is 0 Å². The van der Waals surface area contributed by atoms with Gasteiger partial charge in [-0.1, -0.05) is 17.1 Å². The van der Waals surface area contributed by atoms with Crippen LogP contribution in [0.15, 0.2) is 36.8 Å². The van der Waals surface area contributed by atoms with Gasteiger partial charge in [-0.3, -0.25) is 0 Å². The van der Waals surface area contributed by atoms with Gasteiger partial charge in [-0.25, -0.2) is 0 Å². The molecule has 68 valence electrons. The molecule has 0 rings (SSSR count). The molecular formula is C9H18OSi2. The summed E-state index contributed by atoms with van der Waals surface area (Å²) in [5.74, 6) is 0. The van der Waals surface area contributed by atoms with E-state index in [9.17, 15) is 0 Å². The Hall–Kier alpha value is -0.386. The van der Waals surface area contributed by atoms with Crippen molar-refractivity contribution in [2.24, 2.45) is 0 Å². The lowest BCUT2D eigenvalue weighted by atomic mass is 11.2. The summed E-state index contributed by atoms with van der Waals surface area (Å²) in [6, 6.07) is 0. The molecule has 0 amide bonds. The maximum atomic E-state index is 6.00. The smallest absolute Gasteiger partial charge is 0.226 e. The first-order valence-corrected chi connectivity index (χ1v) is 9.55. The van der Waals surface area contributed by atoms with Crippen LogP contribution in [0.3, 0.4) is 0 Å². The molecule has 0 spiro atoms. The Bertz CT molecular complexity index is 189. The standard InChI is InChI=1S/C9H18OSi2/c1-7-11(4,5)10-12(6,8-2)9-3/h7-9H,1-3H2,4-6H3. The molecule has 0 aromatic rings. The van der Waals surface area contributed by atoms with Crippen molar-refractivity contribution in [2.45, 2.75) is 19.6 Å². The third-order valence-electron chi connectivity index (χ3n) is 1.79. The highest BCUT2D eigenvalue weighted by Crippen LogP contribution is 2.16. The van der Waals surface area contributed by atoms with Crippen LogP contribution in [-0.4, -0.2) is 16.6 Å². The van der Waals surface area contributed by atoms with Crippen LogP contribution < -0.4 is 0 Å². The summed E-state index contributed by atoms with van der Waals surface area (Å²) in [5.41, 5.74) is 5.74. The van der Waals surface area contributed by atoms with Crippen molar-refractivity contribution in [1.29, 1.82) is 0 Å². The van der Waals surface area contributed by atoms with Crippen LogP contribution in [0.1, 0.15) is 0 Å². The van der Waals surface area contributed by atoms with Crippen LogP contribution in [0.25, 0.3) is 0 Å². The van der Waals surface area contributed by atoms with Crippen LogP contribution in [0.2, 0.25) is 19.6 Å². The Morgan fingerprint density at radius 2 is 1.33 bits per heavy atom. The lowest BCUT2D eigenvalue weighted by molar-refractivity contribution is 0.577. The van der Waals surface area contributed by atoms with Gasteiger partial charge in [0.25, 0.3) is 0 Å². The second-order valence-corrected chi connectivity index (χ2v) is 11.1. The molecule has 0 unspecified atom stereocenters. The van der Waals surface area contributed by atoms with E-state index in [0.717, 1.165) is 0 Å². The molecule has 1 nitrogen and oxygen atoms in total. The van der Waals surface area contributed by atoms with Gasteiger partial charge in [0.2, 0.25) is 8.32 Å². The summed E-state index contributed by atoms with van der Waals surface area (Å²) in [6.45, 7) is 17.7. The second-order valence-electron chi connectivity index (χ2n) is 3.50. The molecule has 0 radical (unpaired) electrons. The van der Waals surface area contributed by atoms with Gasteiger partial charge in [-0.05, 0) is 19.6 Å². The molecule has 0 fully saturated rings. The molecule has 0 aliphatic carbocycles. The van der Waals surface area contributed by atoms with Gasteiger partial charge < -0.3 is 4.12 Å². The predicted molar refractivity (Wildman–Crippen MR) is 60.8 cm³/mol. The molecular weight excluding hydrogens is 180 g/mol. The molecule has 0 N–H and O–H groups in total. The topological polar surface area (TPSA) is 9.23 Å². The molecule has 0 aromatic heterocycles. The van der Waals surface area contributed by atoms with Crippen molar-refractivity contribution in [3.8, 4) is 0 Å². The first-order valence-electron chi connectivity index (χ1n) is 4.00. The van der Waals surface area contributed by atoms with Crippen molar-refractivity contribution >= 4 is 16.6 Å². The SMILES string of the molecule is C=C[Si](C)(C)O[Si](C)(C=C)C=C. The Labute approximate surface area is 77.7 Å². The maximum Gasteiger partial charge on any atom is 0.226 e. The molecule has 0 aliphatic rings. The zero-order chi connectivity index (χ0) is 9.83. The molecule has 0 atom stereocenters. The van der Waals surface area contributed by atoms with E-state index in [1.807, 2.05) is 17.1 Å². The van der Waals surface area contributed by atoms with E-state index < -0.39 is 16.6 Å². The fourth-order valence-electron chi connectivity index (χ4n) is 0.775. The zero-order valence-corrected chi connectivity index (χ0v) is 10.3. The van der Waals surface area contributed by atoms with E-state index in [1.54, 1.807) is 0 Å². The van der Waals surface area contributed by atoms with E-state index in [1.165, 1.54) is 0 Å². The van der Waals surface area contributed by atoms with E-state index in [-0.39, 0.29) is 0 Å². The highest BCUT2D eigenvalue weighted by Gasteiger charge is 2.29. The highest BCUT2D eigenvalue weighted by atomic mass is 28.4. The molecule has 0 saturated carbocycles. The Kier molecular flexibility index (Phi) is 3.89. The van der Waals surface area contributed by atoms with Crippen LogP contribution in [-0.2, 0) is 4.12 Å². The third-order valence-corrected chi connectivity index (χ3v) is 8.25. The van der Waals surface area contributed by atoms with Crippen molar-refractivity contribution in [3.63, 3.8) is 0 Å². The minimum absolute atomic E-state index is 1.67. The van der Waals surface area contributed by atoms with Gasteiger partial charge in [0.05, 0.1) is 0 Å². The van der Waals surface area contributed by atoms with Gasteiger partial charge in [0.1, 0.15) is 0 Å². The normalized spacial score (nSPS) is 12.2. The summed E-state index contributed by atoms with van der Waals surface area (Å²) in [7, 11) is -3.51. The zero-order valence-electron chi connectivity index (χ0n) is 8.26. The van der Waals surface area contributed by atoms with Crippen molar-refractivity contribution < 1.29 is 4.12 Å². The quantitative estimate of drug-likeness (QED) is 0.617. The minimum atomic E-state index is -1.84. The summed E-state index contributed by atoms with van der Waals surface area (Å²) in [5, 5.41) is 0. The Morgan fingerprint density at radius 1 is 0.917 bits per heavy atom. The summed E-state index contributed by atoms with van der Waals surface area (Å²) in [4.78, 5) is 0. The van der Waals surface area contributed by atoms with Crippen molar-refractivity contribution in [1.82, 2.24) is 0 Å². The molecule has 0 bridgehead atoms. The van der Waals surface area contributed by atoms with Gasteiger partial charge in [-0.15, -0.1) is 19.7 Å². The first kappa shape index (κ1) is 11.6. The second kappa shape index (κ2) is 4.02. The molecule has 12 heavy (non-hydrogen) atoms. The maximum absolute atomic E-state index is 6.00. The van der Waals surface area contributed by atoms with E-state index >= 15 is 0 Å². The fraction of sp³-hybridized carbons (Fsp3) is 0.333. The number of rotatable bonds is 5. The van der Waals surface area contributed by atoms with E-state index in [0.29, 0.717) is 0 Å². The molecule has 0 heterocycles. The van der Waals surface area contributed by atoms with E-state index in [4.69, 9.17) is 4.12 Å². The fourth-order valence-corrected chi connectivity index (χ4v) is 6.48. The van der Waals surface area contributed by atoms with Crippen LogP contribution in [0, 0.1) is 0 Å². The summed E-state index contributed by atoms with van der Waals surface area (Å²) < 4.78 is 6.00. The Balaban J connectivity index is 4.50. The lowest BCUT2D eigenvalue weighted by Crippen LogP contribution is -2.42. The number of hydrogen-bond donors (Lipinski definition) is 0. The molecule has 0 saturated heterocycles. The average molecular weight is 198 g/mol. The van der Waals surface area contributed by atoms with Crippen molar-refractivity contribution in [2.75, 3.05) is 0 Å². The van der Waals surface area contributed by atoms with Crippen LogP contribution >= 0.6 is 0 Å². The van der Waals surface area contributed by atoms with Gasteiger partial charge in [0, 0.05) is 0 Å². The van der Waals surface area contributed by atoms with Crippen molar-refractivity contribution in [3.05, 3.63) is 36.8 Å². The third kappa shape index (κ3) is 3.34. The van der Waals surface area contributed by atoms with Gasteiger partial charge in [-0.2, -0.15) is 0 Å². The monoisotopic (exact) mass is 198 g/mol. The lowest BCUT2D eigenvalue weighted by Gasteiger charge is -2.29. The van der Waals surface area contributed by atoms with Crippen LogP contribution in [0.5, 0.6) is 0 Å². The first-order chi connectivity index (χ1) is 5.39. The number of hydrogen-bond acceptors (Lipinski definition) is 1. The van der Waals surface area contributed by atoms with Gasteiger partial charge in [0.15, 0.2) is 8.32 Å². The summed E-state index contributed by atoms with van der Waals surface area (Å²) in [6.07, 6.45) is 0. The predicted octanol–water partition coefficient (Wildman–Crippen LogP) is 2.96. The summed E-state index contributed by atoms with van der Waals surface area (Å²) >= 11 is 0. The molecule has 3 heteroatoms. The van der Waals surface area contributed by atoms with E-state index in [2.05, 4.69) is 39.4 Å². The Morgan fingerprint density at radius 3 is 1.58 bits per heavy atom. The molecule has 0 aliphatic heterocycles.